The number of primary amides is 1. The number of amides is 3. The Morgan fingerprint density at radius 3 is 2.40 bits per heavy atom. The highest BCUT2D eigenvalue weighted by Gasteiger charge is 2.37. The Morgan fingerprint density at radius 2 is 1.95 bits per heavy atom. The summed E-state index contributed by atoms with van der Waals surface area (Å²) in [6.45, 7) is 3.51. The van der Waals surface area contributed by atoms with Crippen LogP contribution in [0.3, 0.4) is 0 Å². The fourth-order valence-electron chi connectivity index (χ4n) is 2.33. The molecule has 2 atom stereocenters. The Morgan fingerprint density at radius 1 is 1.35 bits per heavy atom. The highest BCUT2D eigenvalue weighted by Crippen LogP contribution is 2.30. The van der Waals surface area contributed by atoms with Crippen LogP contribution in [0.5, 0.6) is 0 Å². The van der Waals surface area contributed by atoms with Gasteiger partial charge in [-0.15, -0.1) is 0 Å². The lowest BCUT2D eigenvalue weighted by molar-refractivity contribution is -0.148. The van der Waals surface area contributed by atoms with Gasteiger partial charge in [0.15, 0.2) is 0 Å². The number of urea groups is 1. The summed E-state index contributed by atoms with van der Waals surface area (Å²) in [5.41, 5.74) is 5.14. The standard InChI is InChI=1S/C12H20F3N3O2/c1-7(2)10(19)17-9-3-8(4-12(13,14)15)5-18(6-9)11(16)20/h7-9H,3-6H2,1-2H3,(H2,16,20)(H,17,19). The van der Waals surface area contributed by atoms with Gasteiger partial charge in [0.05, 0.1) is 0 Å². The van der Waals surface area contributed by atoms with Gasteiger partial charge in [0.1, 0.15) is 0 Å². The first-order chi connectivity index (χ1) is 9.08. The van der Waals surface area contributed by atoms with E-state index in [4.69, 9.17) is 5.73 Å². The molecule has 1 aliphatic heterocycles. The van der Waals surface area contributed by atoms with Gasteiger partial charge >= 0.3 is 12.2 Å². The molecular formula is C12H20F3N3O2. The zero-order valence-corrected chi connectivity index (χ0v) is 11.5. The van der Waals surface area contributed by atoms with Gasteiger partial charge in [-0.05, 0) is 12.3 Å². The molecule has 0 aromatic heterocycles. The number of carbonyl (C=O) groups is 2. The van der Waals surface area contributed by atoms with Crippen LogP contribution in [-0.2, 0) is 4.79 Å². The molecule has 3 N–H and O–H groups in total. The lowest BCUT2D eigenvalue weighted by Gasteiger charge is -2.37. The quantitative estimate of drug-likeness (QED) is 0.827. The summed E-state index contributed by atoms with van der Waals surface area (Å²) in [6, 6.07) is -1.25. The second-order valence-corrected chi connectivity index (χ2v) is 5.52. The van der Waals surface area contributed by atoms with E-state index in [9.17, 15) is 22.8 Å². The molecule has 3 amide bonds. The normalized spacial score (nSPS) is 23.8. The molecule has 1 fully saturated rings. The molecule has 0 bridgehead atoms. The third-order valence-corrected chi connectivity index (χ3v) is 3.24. The van der Waals surface area contributed by atoms with Crippen LogP contribution in [0.1, 0.15) is 26.7 Å². The van der Waals surface area contributed by atoms with E-state index in [1.807, 2.05) is 0 Å². The van der Waals surface area contributed by atoms with E-state index in [1.165, 1.54) is 0 Å². The first kappa shape index (κ1) is 16.6. The van der Waals surface area contributed by atoms with Crippen LogP contribution in [0.2, 0.25) is 0 Å². The van der Waals surface area contributed by atoms with Crippen molar-refractivity contribution < 1.29 is 22.8 Å². The van der Waals surface area contributed by atoms with Gasteiger partial charge in [-0.3, -0.25) is 4.79 Å². The second kappa shape index (κ2) is 6.32. The number of rotatable bonds is 3. The van der Waals surface area contributed by atoms with Crippen LogP contribution < -0.4 is 11.1 Å². The number of halogens is 3. The van der Waals surface area contributed by atoms with Crippen molar-refractivity contribution in [2.75, 3.05) is 13.1 Å². The van der Waals surface area contributed by atoms with Crippen LogP contribution in [0.25, 0.3) is 0 Å². The number of nitrogens with one attached hydrogen (secondary N) is 1. The maximum atomic E-state index is 12.5. The number of piperidine rings is 1. The van der Waals surface area contributed by atoms with Gasteiger partial charge < -0.3 is 16.0 Å². The van der Waals surface area contributed by atoms with Crippen molar-refractivity contribution in [2.24, 2.45) is 17.6 Å². The Kier molecular flexibility index (Phi) is 5.24. The van der Waals surface area contributed by atoms with E-state index in [0.717, 1.165) is 4.90 Å². The fourth-order valence-corrected chi connectivity index (χ4v) is 2.33. The third-order valence-electron chi connectivity index (χ3n) is 3.24. The van der Waals surface area contributed by atoms with Gasteiger partial charge in [-0.2, -0.15) is 13.2 Å². The van der Waals surface area contributed by atoms with Crippen molar-refractivity contribution >= 4 is 11.9 Å². The maximum Gasteiger partial charge on any atom is 0.389 e. The van der Waals surface area contributed by atoms with Gasteiger partial charge in [0, 0.05) is 31.5 Å². The highest BCUT2D eigenvalue weighted by atomic mass is 19.4. The SMILES string of the molecule is CC(C)C(=O)NC1CC(CC(F)(F)F)CN(C(N)=O)C1. The number of alkyl halides is 3. The van der Waals surface area contributed by atoms with Crippen LogP contribution >= 0.6 is 0 Å². The predicted octanol–water partition coefficient (Wildman–Crippen LogP) is 1.48. The highest BCUT2D eigenvalue weighted by molar-refractivity contribution is 5.78. The summed E-state index contributed by atoms with van der Waals surface area (Å²) in [4.78, 5) is 24.0. The monoisotopic (exact) mass is 295 g/mol. The Balaban J connectivity index is 2.70. The van der Waals surface area contributed by atoms with Crippen LogP contribution in [0.15, 0.2) is 0 Å². The lowest BCUT2D eigenvalue weighted by atomic mass is 9.91. The van der Waals surface area contributed by atoms with Crippen LogP contribution in [0, 0.1) is 11.8 Å². The molecule has 5 nitrogen and oxygen atoms in total. The summed E-state index contributed by atoms with van der Waals surface area (Å²) in [5, 5.41) is 2.66. The topological polar surface area (TPSA) is 75.4 Å². The first-order valence-corrected chi connectivity index (χ1v) is 6.50. The van der Waals surface area contributed by atoms with E-state index in [0.29, 0.717) is 0 Å². The van der Waals surface area contributed by atoms with E-state index in [2.05, 4.69) is 5.32 Å². The summed E-state index contributed by atoms with van der Waals surface area (Å²) in [5.74, 6) is -1.25. The molecule has 116 valence electrons. The Hall–Kier alpha value is -1.47. The average molecular weight is 295 g/mol. The smallest absolute Gasteiger partial charge is 0.351 e. The summed E-state index contributed by atoms with van der Waals surface area (Å²) < 4.78 is 37.4. The van der Waals surface area contributed by atoms with Crippen molar-refractivity contribution in [3.8, 4) is 0 Å². The molecule has 0 aromatic carbocycles. The first-order valence-electron chi connectivity index (χ1n) is 6.50. The fraction of sp³-hybridized carbons (Fsp3) is 0.833. The van der Waals surface area contributed by atoms with Crippen molar-refractivity contribution in [1.29, 1.82) is 0 Å². The number of hydrogen-bond donors (Lipinski definition) is 2. The van der Waals surface area contributed by atoms with Gasteiger partial charge in [-0.25, -0.2) is 4.79 Å². The van der Waals surface area contributed by atoms with Gasteiger partial charge in [0.2, 0.25) is 5.91 Å². The lowest BCUT2D eigenvalue weighted by Crippen LogP contribution is -2.54. The minimum absolute atomic E-state index is 0.0249. The minimum Gasteiger partial charge on any atom is -0.351 e. The molecule has 0 aliphatic carbocycles. The van der Waals surface area contributed by atoms with E-state index >= 15 is 0 Å². The van der Waals surface area contributed by atoms with Gasteiger partial charge in [0.25, 0.3) is 0 Å². The van der Waals surface area contributed by atoms with E-state index in [-0.39, 0.29) is 31.3 Å². The number of likely N-dealkylation sites (tertiary alicyclic amines) is 1. The second-order valence-electron chi connectivity index (χ2n) is 5.52. The van der Waals surface area contributed by atoms with Crippen LogP contribution in [-0.4, -0.2) is 42.1 Å². The van der Waals surface area contributed by atoms with Crippen molar-refractivity contribution in [1.82, 2.24) is 10.2 Å². The number of nitrogens with zero attached hydrogens (tertiary/aromatic N) is 1. The molecule has 1 heterocycles. The molecule has 20 heavy (non-hydrogen) atoms. The zero-order valence-electron chi connectivity index (χ0n) is 11.5. The minimum atomic E-state index is -4.29. The largest absolute Gasteiger partial charge is 0.389 e. The molecule has 0 aromatic rings. The van der Waals surface area contributed by atoms with Crippen LogP contribution in [0.4, 0.5) is 18.0 Å². The predicted molar refractivity (Wildman–Crippen MR) is 66.7 cm³/mol. The van der Waals surface area contributed by atoms with E-state index < -0.39 is 30.6 Å². The summed E-state index contributed by atoms with van der Waals surface area (Å²) >= 11 is 0. The number of hydrogen-bond acceptors (Lipinski definition) is 2. The molecule has 0 spiro atoms. The molecule has 1 aliphatic rings. The molecule has 2 unspecified atom stereocenters. The number of carbonyl (C=O) groups excluding carboxylic acids is 2. The molecule has 0 saturated carbocycles. The van der Waals surface area contributed by atoms with Crippen molar-refractivity contribution in [2.45, 2.75) is 38.9 Å². The molecular weight excluding hydrogens is 275 g/mol. The van der Waals surface area contributed by atoms with Crippen molar-refractivity contribution in [3.05, 3.63) is 0 Å². The Labute approximate surface area is 115 Å². The molecule has 1 saturated heterocycles. The molecule has 8 heteroatoms. The third kappa shape index (κ3) is 5.26. The summed E-state index contributed by atoms with van der Waals surface area (Å²) in [6.07, 6.45) is -5.08. The molecule has 1 rings (SSSR count). The van der Waals surface area contributed by atoms with Crippen molar-refractivity contribution in [3.63, 3.8) is 0 Å². The summed E-state index contributed by atoms with van der Waals surface area (Å²) in [7, 11) is 0. The zero-order chi connectivity index (χ0) is 15.5. The van der Waals surface area contributed by atoms with Gasteiger partial charge in [-0.1, -0.05) is 13.8 Å². The number of nitrogens with two attached hydrogens (primary N) is 1. The molecule has 0 radical (unpaired) electrons. The maximum absolute atomic E-state index is 12.5. The Bertz CT molecular complexity index is 371. The van der Waals surface area contributed by atoms with E-state index in [1.54, 1.807) is 13.8 Å². The average Bonchev–Trinajstić information content (AvgIpc) is 2.25.